The number of rotatable bonds is 5. The molecule has 2 aromatic carbocycles. The monoisotopic (exact) mass is 312 g/mol. The number of hydrogen-bond donors (Lipinski definition) is 0. The molecule has 1 radical (unpaired) electrons. The van der Waals surface area contributed by atoms with Crippen LogP contribution in [0.4, 0.5) is 0 Å². The van der Waals surface area contributed by atoms with Crippen LogP contribution in [0.25, 0.3) is 0 Å². The van der Waals surface area contributed by atoms with Crippen LogP contribution in [-0.4, -0.2) is 32.4 Å². The van der Waals surface area contributed by atoms with E-state index in [1.807, 2.05) is 35.4 Å². The van der Waals surface area contributed by atoms with Crippen molar-refractivity contribution >= 4 is 0 Å². The lowest BCUT2D eigenvalue weighted by Crippen LogP contribution is -2.35. The van der Waals surface area contributed by atoms with Crippen LogP contribution in [-0.2, 0) is 0 Å². The minimum atomic E-state index is 0.594. The Hall–Kier alpha value is -2.20. The average Bonchev–Trinajstić information content (AvgIpc) is 2.63. The van der Waals surface area contributed by atoms with Crippen molar-refractivity contribution in [3.05, 3.63) is 54.1 Å². The Labute approximate surface area is 137 Å². The summed E-state index contributed by atoms with van der Waals surface area (Å²) in [6, 6.07) is 17.0. The molecule has 0 unspecified atom stereocenters. The summed E-state index contributed by atoms with van der Waals surface area (Å²) in [5, 5.41) is 2.00. The van der Waals surface area contributed by atoms with Gasteiger partial charge in [-0.3, -0.25) is 0 Å². The van der Waals surface area contributed by atoms with Gasteiger partial charge in [0.2, 0.25) is 5.75 Å². The summed E-state index contributed by atoms with van der Waals surface area (Å²) >= 11 is 0. The first kappa shape index (κ1) is 15.7. The number of hydrogen-bond acceptors (Lipinski definition) is 4. The van der Waals surface area contributed by atoms with E-state index < -0.39 is 0 Å². The Balaban J connectivity index is 1.63. The van der Waals surface area contributed by atoms with E-state index in [1.54, 1.807) is 14.2 Å². The molecule has 1 aliphatic rings. The second kappa shape index (κ2) is 7.38. The highest BCUT2D eigenvalue weighted by Gasteiger charge is 2.23. The molecule has 121 valence electrons. The summed E-state index contributed by atoms with van der Waals surface area (Å²) in [7, 11) is 3.26. The van der Waals surface area contributed by atoms with Crippen LogP contribution >= 0.6 is 0 Å². The number of piperidine rings is 1. The van der Waals surface area contributed by atoms with Crippen molar-refractivity contribution in [2.75, 3.05) is 27.3 Å². The molecular weight excluding hydrogens is 290 g/mol. The van der Waals surface area contributed by atoms with Crippen molar-refractivity contribution in [3.8, 4) is 17.2 Å². The summed E-state index contributed by atoms with van der Waals surface area (Å²) in [6.45, 7) is 1.78. The van der Waals surface area contributed by atoms with E-state index in [-0.39, 0.29) is 0 Å². The van der Waals surface area contributed by atoms with Crippen LogP contribution in [0.15, 0.2) is 42.5 Å². The predicted octanol–water partition coefficient (Wildman–Crippen LogP) is 3.68. The summed E-state index contributed by atoms with van der Waals surface area (Å²) in [5.41, 5.74) is 1.39. The molecule has 0 saturated carbocycles. The molecule has 23 heavy (non-hydrogen) atoms. The first-order valence-corrected chi connectivity index (χ1v) is 7.91. The van der Waals surface area contributed by atoms with Gasteiger partial charge in [-0.25, -0.2) is 0 Å². The Bertz CT molecular complexity index is 622. The molecule has 0 spiro atoms. The number of ether oxygens (including phenoxy) is 2. The molecule has 0 aromatic heterocycles. The van der Waals surface area contributed by atoms with Crippen LogP contribution < -0.4 is 14.3 Å². The van der Waals surface area contributed by atoms with E-state index in [1.165, 1.54) is 5.56 Å². The molecule has 3 rings (SSSR count). The van der Waals surface area contributed by atoms with Crippen molar-refractivity contribution in [1.29, 1.82) is 0 Å². The van der Waals surface area contributed by atoms with E-state index in [0.717, 1.165) is 25.9 Å². The van der Waals surface area contributed by atoms with Crippen molar-refractivity contribution in [1.82, 2.24) is 5.06 Å². The number of hydroxylamine groups is 2. The molecule has 1 fully saturated rings. The van der Waals surface area contributed by atoms with Gasteiger partial charge in [-0.15, -0.1) is 5.06 Å². The third-order valence-electron chi connectivity index (χ3n) is 4.26. The van der Waals surface area contributed by atoms with E-state index in [2.05, 4.69) is 18.2 Å². The van der Waals surface area contributed by atoms with Crippen LogP contribution in [0.1, 0.15) is 24.3 Å². The molecule has 1 heterocycles. The lowest BCUT2D eigenvalue weighted by atomic mass is 9.90. The number of benzene rings is 2. The normalized spacial score (nSPS) is 16.1. The first-order chi connectivity index (χ1) is 11.3. The largest absolute Gasteiger partial charge is 0.493 e. The summed E-state index contributed by atoms with van der Waals surface area (Å²) in [4.78, 5) is 6.03. The van der Waals surface area contributed by atoms with Crippen molar-refractivity contribution in [2.45, 2.75) is 18.8 Å². The average molecular weight is 312 g/mol. The molecular formula is C19H22NO3. The lowest BCUT2D eigenvalue weighted by Gasteiger charge is -2.31. The van der Waals surface area contributed by atoms with Gasteiger partial charge in [0.1, 0.15) is 0 Å². The fourth-order valence-corrected chi connectivity index (χ4v) is 3.02. The van der Waals surface area contributed by atoms with Gasteiger partial charge in [-0.2, -0.15) is 0 Å². The minimum Gasteiger partial charge on any atom is -0.493 e. The van der Waals surface area contributed by atoms with Gasteiger partial charge in [0, 0.05) is 13.1 Å². The molecule has 0 amide bonds. The smallest absolute Gasteiger partial charge is 0.205 e. The molecule has 0 atom stereocenters. The lowest BCUT2D eigenvalue weighted by molar-refractivity contribution is -0.0773. The van der Waals surface area contributed by atoms with Gasteiger partial charge >= 0.3 is 0 Å². The molecule has 1 aliphatic heterocycles. The zero-order valence-corrected chi connectivity index (χ0v) is 13.6. The predicted molar refractivity (Wildman–Crippen MR) is 89.0 cm³/mol. The van der Waals surface area contributed by atoms with Crippen molar-refractivity contribution in [2.24, 2.45) is 0 Å². The maximum Gasteiger partial charge on any atom is 0.205 e. The molecule has 4 heteroatoms. The van der Waals surface area contributed by atoms with Gasteiger partial charge in [0.15, 0.2) is 11.5 Å². The van der Waals surface area contributed by atoms with Crippen LogP contribution in [0.5, 0.6) is 17.2 Å². The Morgan fingerprint density at radius 1 is 0.957 bits per heavy atom. The Kier molecular flexibility index (Phi) is 5.03. The van der Waals surface area contributed by atoms with Crippen molar-refractivity contribution < 1.29 is 14.3 Å². The molecule has 4 nitrogen and oxygen atoms in total. The molecule has 1 saturated heterocycles. The van der Waals surface area contributed by atoms with Gasteiger partial charge in [0.25, 0.3) is 0 Å². The topological polar surface area (TPSA) is 30.9 Å². The first-order valence-electron chi connectivity index (χ1n) is 7.91. The van der Waals surface area contributed by atoms with Gasteiger partial charge in [-0.05, 0) is 42.5 Å². The number of methoxy groups -OCH3 is 2. The molecule has 0 aliphatic carbocycles. The fourth-order valence-electron chi connectivity index (χ4n) is 3.02. The standard InChI is InChI=1S/C19H22NO3/c1-21-17-9-6-10-18(19(17)22-2)23-20-13-11-16(12-14-20)15-7-4-3-5-8-15/h4-10,16H,11-14H2,1-2H3. The Morgan fingerprint density at radius 3 is 2.30 bits per heavy atom. The van der Waals surface area contributed by atoms with Gasteiger partial charge in [0.05, 0.1) is 14.2 Å². The number of nitrogens with zero attached hydrogens (tertiary/aromatic N) is 1. The highest BCUT2D eigenvalue weighted by molar-refractivity contribution is 5.50. The molecule has 0 bridgehead atoms. The second-order valence-corrected chi connectivity index (χ2v) is 5.62. The summed E-state index contributed by atoms with van der Waals surface area (Å²) in [6.07, 6.45) is 2.16. The third-order valence-corrected chi connectivity index (χ3v) is 4.26. The summed E-state index contributed by atoms with van der Waals surface area (Å²) < 4.78 is 10.7. The maximum atomic E-state index is 6.03. The zero-order valence-electron chi connectivity index (χ0n) is 13.6. The van der Waals surface area contributed by atoms with E-state index in [4.69, 9.17) is 14.3 Å². The third kappa shape index (κ3) is 3.59. The van der Waals surface area contributed by atoms with Crippen LogP contribution in [0.2, 0.25) is 0 Å². The zero-order chi connectivity index (χ0) is 16.1. The van der Waals surface area contributed by atoms with E-state index >= 15 is 0 Å². The minimum absolute atomic E-state index is 0.594. The van der Waals surface area contributed by atoms with Gasteiger partial charge in [-0.1, -0.05) is 30.3 Å². The van der Waals surface area contributed by atoms with Crippen LogP contribution in [0, 0.1) is 6.07 Å². The SMILES string of the molecule is COc1cccc(ON2CCC(c3cc[c]cc3)CC2)c1OC. The highest BCUT2D eigenvalue weighted by Crippen LogP contribution is 2.38. The molecule has 0 N–H and O–H groups in total. The van der Waals surface area contributed by atoms with E-state index in [9.17, 15) is 0 Å². The fraction of sp³-hybridized carbons (Fsp3) is 0.368. The Morgan fingerprint density at radius 2 is 1.65 bits per heavy atom. The van der Waals surface area contributed by atoms with Crippen molar-refractivity contribution in [3.63, 3.8) is 0 Å². The van der Waals surface area contributed by atoms with Gasteiger partial charge < -0.3 is 14.3 Å². The summed E-state index contributed by atoms with van der Waals surface area (Å²) in [5.74, 6) is 2.60. The maximum absolute atomic E-state index is 6.03. The number of para-hydroxylation sites is 1. The quantitative estimate of drug-likeness (QED) is 0.843. The highest BCUT2D eigenvalue weighted by atomic mass is 16.7. The van der Waals surface area contributed by atoms with Crippen LogP contribution in [0.3, 0.4) is 0 Å². The van der Waals surface area contributed by atoms with E-state index in [0.29, 0.717) is 23.2 Å². The molecule has 2 aromatic rings. The second-order valence-electron chi connectivity index (χ2n) is 5.62.